The molecule has 7 heteroatoms. The summed E-state index contributed by atoms with van der Waals surface area (Å²) in [6.07, 6.45) is 1.92. The van der Waals surface area contributed by atoms with E-state index < -0.39 is 11.9 Å². The minimum Gasteiger partial charge on any atom is -0.490 e. The molecule has 0 bridgehead atoms. The summed E-state index contributed by atoms with van der Waals surface area (Å²) in [5.74, 6) is -0.255. The predicted octanol–water partition coefficient (Wildman–Crippen LogP) is 7.13. The second-order valence-electron chi connectivity index (χ2n) is 13.7. The van der Waals surface area contributed by atoms with Crippen molar-refractivity contribution in [3.8, 4) is 11.5 Å². The number of carboxylic acids is 1. The molecule has 0 radical (unpaired) electrons. The first-order valence-electron chi connectivity index (χ1n) is 15.3. The minimum absolute atomic E-state index is 0.0124. The number of carbonyl (C=O) groups is 3. The van der Waals surface area contributed by atoms with Crippen LogP contribution in [-0.2, 0) is 21.0 Å². The van der Waals surface area contributed by atoms with E-state index >= 15 is 0 Å². The first-order chi connectivity index (χ1) is 20.3. The van der Waals surface area contributed by atoms with E-state index in [-0.39, 0.29) is 35.4 Å². The molecule has 2 aliphatic carbocycles. The summed E-state index contributed by atoms with van der Waals surface area (Å²) in [7, 11) is 0. The van der Waals surface area contributed by atoms with Crippen molar-refractivity contribution in [2.24, 2.45) is 10.8 Å². The average Bonchev–Trinajstić information content (AvgIpc) is 2.90. The summed E-state index contributed by atoms with van der Waals surface area (Å²) < 4.78 is 12.2. The number of aryl methyl sites for hydroxylation is 1. The number of nitrogens with zero attached hydrogens (tertiary/aromatic N) is 1. The van der Waals surface area contributed by atoms with Crippen LogP contribution in [-0.4, -0.2) is 40.7 Å². The zero-order valence-corrected chi connectivity index (χ0v) is 26.2. The van der Waals surface area contributed by atoms with Crippen LogP contribution in [0.15, 0.2) is 65.0 Å². The molecule has 0 fully saturated rings. The van der Waals surface area contributed by atoms with Gasteiger partial charge in [0.1, 0.15) is 6.61 Å². The summed E-state index contributed by atoms with van der Waals surface area (Å²) in [5, 5.41) is 9.59. The molecule has 0 aromatic heterocycles. The Hall–Kier alpha value is -3.87. The number of Topliss-reactive ketones (excluding diaryl/α,β-unsaturated/α-hetero) is 2. The number of ether oxygens (including phenoxy) is 2. The fourth-order valence-corrected chi connectivity index (χ4v) is 6.80. The first kappa shape index (κ1) is 30.6. The highest BCUT2D eigenvalue weighted by molar-refractivity contribution is 6.06. The molecule has 7 nitrogen and oxygen atoms in total. The lowest BCUT2D eigenvalue weighted by atomic mass is 9.63. The Morgan fingerprint density at radius 1 is 0.860 bits per heavy atom. The zero-order chi connectivity index (χ0) is 31.1. The van der Waals surface area contributed by atoms with Gasteiger partial charge in [0.2, 0.25) is 0 Å². The molecule has 0 amide bonds. The molecule has 2 aromatic rings. The normalized spacial score (nSPS) is 19.7. The van der Waals surface area contributed by atoms with Gasteiger partial charge in [0, 0.05) is 47.8 Å². The number of carboxylic acid groups (broad SMARTS) is 1. The van der Waals surface area contributed by atoms with E-state index in [1.165, 1.54) is 5.56 Å². The molecule has 0 saturated carbocycles. The standard InChI is InChI=1S/C36H43NO6/c1-7-42-30-16-24(12-13-29(30)43-21-23-10-8-22(2)9-11-23)32-33-25(17-35(3,4)19-27(33)38)37(15-14-31(40)41)26-18-36(5,6)20-28(39)34(26)32/h8-13,16,32H,7,14-15,17-21H2,1-6H3,(H,40,41). The maximum atomic E-state index is 14.0. The van der Waals surface area contributed by atoms with Crippen molar-refractivity contribution in [2.45, 2.75) is 86.2 Å². The number of benzene rings is 2. The highest BCUT2D eigenvalue weighted by Crippen LogP contribution is 2.55. The third-order valence-electron chi connectivity index (χ3n) is 8.69. The number of ketones is 2. The quantitative estimate of drug-likeness (QED) is 0.335. The van der Waals surface area contributed by atoms with Crippen LogP contribution >= 0.6 is 0 Å². The van der Waals surface area contributed by atoms with Crippen LogP contribution in [0.1, 0.15) is 89.3 Å². The lowest BCUT2D eigenvalue weighted by Crippen LogP contribution is -2.45. The van der Waals surface area contributed by atoms with E-state index in [1.54, 1.807) is 0 Å². The molecule has 3 aliphatic rings. The largest absolute Gasteiger partial charge is 0.490 e. The van der Waals surface area contributed by atoms with Gasteiger partial charge in [0.15, 0.2) is 23.1 Å². The van der Waals surface area contributed by atoms with Crippen molar-refractivity contribution >= 4 is 17.5 Å². The second kappa shape index (κ2) is 11.7. The smallest absolute Gasteiger partial charge is 0.305 e. The van der Waals surface area contributed by atoms with Crippen molar-refractivity contribution in [3.05, 3.63) is 81.7 Å². The molecule has 1 aliphatic heterocycles. The van der Waals surface area contributed by atoms with Crippen LogP contribution in [0, 0.1) is 17.8 Å². The van der Waals surface area contributed by atoms with E-state index in [0.717, 1.165) is 22.5 Å². The molecule has 1 N–H and O–H groups in total. The molecule has 0 unspecified atom stereocenters. The van der Waals surface area contributed by atoms with Crippen LogP contribution < -0.4 is 9.47 Å². The van der Waals surface area contributed by atoms with Gasteiger partial charge in [-0.05, 0) is 60.8 Å². The van der Waals surface area contributed by atoms with Gasteiger partial charge in [-0.25, -0.2) is 0 Å². The molecule has 2 aromatic carbocycles. The molecule has 0 saturated heterocycles. The summed E-state index contributed by atoms with van der Waals surface area (Å²) in [4.78, 5) is 41.7. The van der Waals surface area contributed by atoms with E-state index in [1.807, 2.05) is 49.1 Å². The highest BCUT2D eigenvalue weighted by atomic mass is 16.5. The van der Waals surface area contributed by atoms with Crippen LogP contribution in [0.3, 0.4) is 0 Å². The molecule has 0 spiro atoms. The minimum atomic E-state index is -0.906. The molecule has 1 heterocycles. The monoisotopic (exact) mass is 585 g/mol. The number of rotatable bonds is 9. The summed E-state index contributed by atoms with van der Waals surface area (Å²) in [6.45, 7) is 13.3. The number of carbonyl (C=O) groups excluding carboxylic acids is 2. The van der Waals surface area contributed by atoms with Gasteiger partial charge in [0.25, 0.3) is 0 Å². The number of aliphatic carboxylic acids is 1. The van der Waals surface area contributed by atoms with Crippen molar-refractivity contribution in [1.82, 2.24) is 4.90 Å². The van der Waals surface area contributed by atoms with Crippen molar-refractivity contribution in [3.63, 3.8) is 0 Å². The SMILES string of the molecule is CCOc1cc(C2C3=C(CC(C)(C)CC3=O)N(CCC(=O)O)C3=C2C(=O)CC(C)(C)C3)ccc1OCc1ccc(C)cc1. The lowest BCUT2D eigenvalue weighted by molar-refractivity contribution is -0.137. The Kier molecular flexibility index (Phi) is 8.30. The van der Waals surface area contributed by atoms with Gasteiger partial charge in [-0.1, -0.05) is 63.6 Å². The molecule has 0 atom stereocenters. The molecule has 5 rings (SSSR count). The first-order valence-corrected chi connectivity index (χ1v) is 15.3. The number of hydrogen-bond acceptors (Lipinski definition) is 6. The Bertz CT molecular complexity index is 1460. The van der Waals surface area contributed by atoms with Crippen molar-refractivity contribution in [2.75, 3.05) is 13.2 Å². The third kappa shape index (κ3) is 6.41. The Labute approximate surface area is 254 Å². The van der Waals surface area contributed by atoms with Crippen molar-refractivity contribution in [1.29, 1.82) is 0 Å². The molecular weight excluding hydrogens is 542 g/mol. The zero-order valence-electron chi connectivity index (χ0n) is 26.2. The Morgan fingerprint density at radius 2 is 1.44 bits per heavy atom. The van der Waals surface area contributed by atoms with Crippen LogP contribution in [0.2, 0.25) is 0 Å². The Morgan fingerprint density at radius 3 is 1.98 bits per heavy atom. The maximum Gasteiger partial charge on any atom is 0.305 e. The maximum absolute atomic E-state index is 14.0. The fourth-order valence-electron chi connectivity index (χ4n) is 6.80. The third-order valence-corrected chi connectivity index (χ3v) is 8.69. The number of hydrogen-bond donors (Lipinski definition) is 1. The van der Waals surface area contributed by atoms with Gasteiger partial charge in [-0.15, -0.1) is 0 Å². The molecule has 43 heavy (non-hydrogen) atoms. The van der Waals surface area contributed by atoms with E-state index in [0.29, 0.717) is 61.5 Å². The average molecular weight is 586 g/mol. The topological polar surface area (TPSA) is 93.1 Å². The summed E-state index contributed by atoms with van der Waals surface area (Å²) in [5.41, 5.74) is 5.42. The van der Waals surface area contributed by atoms with Crippen LogP contribution in [0.5, 0.6) is 11.5 Å². The van der Waals surface area contributed by atoms with E-state index in [2.05, 4.69) is 39.8 Å². The predicted molar refractivity (Wildman–Crippen MR) is 165 cm³/mol. The van der Waals surface area contributed by atoms with Crippen molar-refractivity contribution < 1.29 is 29.0 Å². The van der Waals surface area contributed by atoms with Gasteiger partial charge in [-0.2, -0.15) is 0 Å². The molecular formula is C36H43NO6. The van der Waals surface area contributed by atoms with Gasteiger partial charge < -0.3 is 19.5 Å². The number of allylic oxidation sites excluding steroid dienone is 4. The lowest BCUT2D eigenvalue weighted by Gasteiger charge is -2.49. The van der Waals surface area contributed by atoms with Crippen LogP contribution in [0.25, 0.3) is 0 Å². The van der Waals surface area contributed by atoms with Gasteiger partial charge in [-0.3, -0.25) is 14.4 Å². The van der Waals surface area contributed by atoms with Gasteiger partial charge >= 0.3 is 5.97 Å². The summed E-state index contributed by atoms with van der Waals surface area (Å²) >= 11 is 0. The fraction of sp³-hybridized carbons (Fsp3) is 0.472. The Balaban J connectivity index is 1.63. The van der Waals surface area contributed by atoms with Gasteiger partial charge in [0.05, 0.1) is 13.0 Å². The highest BCUT2D eigenvalue weighted by Gasteiger charge is 2.49. The summed E-state index contributed by atoms with van der Waals surface area (Å²) in [6, 6.07) is 13.9. The second-order valence-corrected chi connectivity index (χ2v) is 13.7. The molecule has 228 valence electrons. The van der Waals surface area contributed by atoms with E-state index in [9.17, 15) is 19.5 Å². The van der Waals surface area contributed by atoms with Crippen LogP contribution in [0.4, 0.5) is 0 Å². The van der Waals surface area contributed by atoms with E-state index in [4.69, 9.17) is 9.47 Å².